The fraction of sp³-hybridized carbons (Fsp3) is 0. The Labute approximate surface area is 83.9 Å². The molecule has 0 aliphatic heterocycles. The molecule has 2 rings (SSSR count). The first-order valence-electron chi connectivity index (χ1n) is 2.82. The number of thiophene rings is 1. The van der Waals surface area contributed by atoms with E-state index >= 15 is 0 Å². The molecule has 0 aliphatic carbocycles. The van der Waals surface area contributed by atoms with Gasteiger partial charge in [0.25, 0.3) is 0 Å². The van der Waals surface area contributed by atoms with E-state index in [1.165, 1.54) is 0 Å². The summed E-state index contributed by atoms with van der Waals surface area (Å²) in [4.78, 5) is 8.51. The first-order valence-corrected chi connectivity index (χ1v) is 5.35. The molecule has 56 valence electrons. The minimum Gasteiger partial charge on any atom is -0.235 e. The molecule has 2 aromatic rings. The average molecular weight is 294 g/mol. The fourth-order valence-electron chi connectivity index (χ4n) is 0.755. The molecule has 0 amide bonds. The van der Waals surface area contributed by atoms with Gasteiger partial charge in [0.2, 0.25) is 0 Å². The summed E-state index contributed by atoms with van der Waals surface area (Å²) < 4.78 is 1.51. The van der Waals surface area contributed by atoms with Gasteiger partial charge in [-0.15, -0.1) is 11.3 Å². The van der Waals surface area contributed by atoms with Gasteiger partial charge >= 0.3 is 0 Å². The molecule has 0 unspecified atom stereocenters. The zero-order valence-corrected chi connectivity index (χ0v) is 9.20. The molecular formula is C6H2Br2N2S. The second kappa shape index (κ2) is 2.80. The van der Waals surface area contributed by atoms with Crippen molar-refractivity contribution in [1.29, 1.82) is 0 Å². The number of nitrogens with zero attached hydrogens (tertiary/aromatic N) is 2. The number of hydrogen-bond acceptors (Lipinski definition) is 3. The lowest BCUT2D eigenvalue weighted by molar-refractivity contribution is 1.22. The normalized spacial score (nSPS) is 10.7. The van der Waals surface area contributed by atoms with Crippen molar-refractivity contribution in [3.63, 3.8) is 0 Å². The molecule has 0 saturated carbocycles. The van der Waals surface area contributed by atoms with Crippen LogP contribution in [0.3, 0.4) is 0 Å². The Bertz CT molecular complexity index is 362. The third-order valence-corrected chi connectivity index (χ3v) is 3.59. The molecular weight excluding hydrogens is 292 g/mol. The van der Waals surface area contributed by atoms with Crippen LogP contribution in [0, 0.1) is 0 Å². The van der Waals surface area contributed by atoms with Crippen molar-refractivity contribution in [2.75, 3.05) is 0 Å². The van der Waals surface area contributed by atoms with Crippen LogP contribution in [-0.4, -0.2) is 9.97 Å². The van der Waals surface area contributed by atoms with Crippen LogP contribution in [0.15, 0.2) is 20.0 Å². The van der Waals surface area contributed by atoms with Crippen LogP contribution in [0.2, 0.25) is 0 Å². The number of fused-ring (bicyclic) bond motifs is 1. The summed E-state index contributed by atoms with van der Waals surface area (Å²) in [6, 6.07) is 0. The number of hydrogen-bond donors (Lipinski definition) is 0. The van der Waals surface area contributed by atoms with Gasteiger partial charge in [-0.2, -0.15) is 0 Å². The molecule has 0 radical (unpaired) electrons. The van der Waals surface area contributed by atoms with Gasteiger partial charge < -0.3 is 0 Å². The van der Waals surface area contributed by atoms with Crippen LogP contribution in [0.4, 0.5) is 0 Å². The first-order chi connectivity index (χ1) is 5.27. The SMILES string of the molecule is Brc1nc2cscc2nc1Br. The molecule has 5 heteroatoms. The zero-order chi connectivity index (χ0) is 7.84. The van der Waals surface area contributed by atoms with Gasteiger partial charge in [-0.1, -0.05) is 0 Å². The number of halogens is 2. The second-order valence-corrected chi connectivity index (χ2v) is 4.19. The standard InChI is InChI=1S/C6H2Br2N2S/c7-5-6(8)10-4-2-11-1-3(4)9-5/h1-2H. The highest BCUT2D eigenvalue weighted by Crippen LogP contribution is 2.23. The molecule has 2 aromatic heterocycles. The van der Waals surface area contributed by atoms with Gasteiger partial charge in [0.15, 0.2) is 0 Å². The van der Waals surface area contributed by atoms with E-state index < -0.39 is 0 Å². The first kappa shape index (κ1) is 7.64. The minimum atomic E-state index is 0.753. The van der Waals surface area contributed by atoms with E-state index in [9.17, 15) is 0 Å². The Morgan fingerprint density at radius 1 is 1.00 bits per heavy atom. The van der Waals surface area contributed by atoms with Gasteiger partial charge in [-0.3, -0.25) is 0 Å². The van der Waals surface area contributed by atoms with Crippen LogP contribution in [0.1, 0.15) is 0 Å². The summed E-state index contributed by atoms with van der Waals surface area (Å²) in [6.45, 7) is 0. The van der Waals surface area contributed by atoms with E-state index in [1.807, 2.05) is 10.8 Å². The van der Waals surface area contributed by atoms with E-state index in [0.717, 1.165) is 20.2 Å². The Morgan fingerprint density at radius 2 is 1.45 bits per heavy atom. The lowest BCUT2D eigenvalue weighted by Crippen LogP contribution is -1.82. The minimum absolute atomic E-state index is 0.753. The van der Waals surface area contributed by atoms with Crippen molar-refractivity contribution < 1.29 is 0 Å². The summed E-state index contributed by atoms with van der Waals surface area (Å²) in [7, 11) is 0. The quantitative estimate of drug-likeness (QED) is 0.745. The summed E-state index contributed by atoms with van der Waals surface area (Å²) >= 11 is 8.17. The summed E-state index contributed by atoms with van der Waals surface area (Å²) in [6.07, 6.45) is 0. The van der Waals surface area contributed by atoms with Gasteiger partial charge in [-0.25, -0.2) is 9.97 Å². The predicted molar refractivity (Wildman–Crippen MR) is 52.8 cm³/mol. The van der Waals surface area contributed by atoms with Gasteiger partial charge in [0.1, 0.15) is 20.2 Å². The average Bonchev–Trinajstić information content (AvgIpc) is 2.36. The molecule has 0 atom stereocenters. The summed E-state index contributed by atoms with van der Waals surface area (Å²) in [5.74, 6) is 0. The molecule has 0 bridgehead atoms. The Balaban J connectivity index is 2.86. The van der Waals surface area contributed by atoms with Crippen molar-refractivity contribution in [3.8, 4) is 0 Å². The largest absolute Gasteiger partial charge is 0.235 e. The van der Waals surface area contributed by atoms with Crippen LogP contribution < -0.4 is 0 Å². The maximum absolute atomic E-state index is 4.25. The van der Waals surface area contributed by atoms with E-state index in [4.69, 9.17) is 0 Å². The molecule has 11 heavy (non-hydrogen) atoms. The third kappa shape index (κ3) is 1.32. The van der Waals surface area contributed by atoms with E-state index in [1.54, 1.807) is 11.3 Å². The molecule has 2 nitrogen and oxygen atoms in total. The van der Waals surface area contributed by atoms with Crippen LogP contribution in [0.25, 0.3) is 11.0 Å². The van der Waals surface area contributed by atoms with Crippen molar-refractivity contribution in [3.05, 3.63) is 20.0 Å². The highest BCUT2D eigenvalue weighted by Gasteiger charge is 2.02. The van der Waals surface area contributed by atoms with Gasteiger partial charge in [0.05, 0.1) is 0 Å². The maximum Gasteiger partial charge on any atom is 0.139 e. The molecule has 0 aromatic carbocycles. The topological polar surface area (TPSA) is 25.8 Å². The lowest BCUT2D eigenvalue weighted by atomic mass is 10.5. The lowest BCUT2D eigenvalue weighted by Gasteiger charge is -1.92. The molecule has 2 heterocycles. The van der Waals surface area contributed by atoms with Crippen LogP contribution in [-0.2, 0) is 0 Å². The van der Waals surface area contributed by atoms with E-state index in [-0.39, 0.29) is 0 Å². The maximum atomic E-state index is 4.25. The summed E-state index contributed by atoms with van der Waals surface area (Å²) in [5.41, 5.74) is 1.87. The molecule has 0 spiro atoms. The predicted octanol–water partition coefficient (Wildman–Crippen LogP) is 3.22. The Kier molecular flexibility index (Phi) is 1.95. The molecule has 0 saturated heterocycles. The van der Waals surface area contributed by atoms with Crippen LogP contribution in [0.5, 0.6) is 0 Å². The van der Waals surface area contributed by atoms with E-state index in [0.29, 0.717) is 0 Å². The highest BCUT2D eigenvalue weighted by molar-refractivity contribution is 9.13. The van der Waals surface area contributed by atoms with Crippen molar-refractivity contribution in [1.82, 2.24) is 9.97 Å². The fourth-order valence-corrected chi connectivity index (χ4v) is 1.99. The van der Waals surface area contributed by atoms with Gasteiger partial charge in [-0.05, 0) is 31.9 Å². The highest BCUT2D eigenvalue weighted by atomic mass is 79.9. The van der Waals surface area contributed by atoms with Gasteiger partial charge in [0, 0.05) is 10.8 Å². The second-order valence-electron chi connectivity index (χ2n) is 1.95. The monoisotopic (exact) mass is 292 g/mol. The Hall–Kier alpha value is -0.000000000000000111. The molecule has 0 fully saturated rings. The molecule has 0 N–H and O–H groups in total. The van der Waals surface area contributed by atoms with Crippen molar-refractivity contribution >= 4 is 54.2 Å². The van der Waals surface area contributed by atoms with Crippen molar-refractivity contribution in [2.24, 2.45) is 0 Å². The Morgan fingerprint density at radius 3 is 1.91 bits per heavy atom. The molecule has 0 aliphatic rings. The van der Waals surface area contributed by atoms with Crippen LogP contribution >= 0.6 is 43.2 Å². The summed E-state index contributed by atoms with van der Waals surface area (Å²) in [5, 5.41) is 3.94. The smallest absolute Gasteiger partial charge is 0.139 e. The van der Waals surface area contributed by atoms with Crippen molar-refractivity contribution in [2.45, 2.75) is 0 Å². The third-order valence-electron chi connectivity index (χ3n) is 1.23. The number of rotatable bonds is 0. The van der Waals surface area contributed by atoms with E-state index in [2.05, 4.69) is 41.8 Å². The zero-order valence-electron chi connectivity index (χ0n) is 5.21. The number of aromatic nitrogens is 2.